The van der Waals surface area contributed by atoms with Crippen LogP contribution in [0.5, 0.6) is 5.75 Å². The molecule has 0 aromatic heterocycles. The molecule has 3 aliphatic rings. The number of ether oxygens (including phenoxy) is 1. The molecule has 2 aliphatic heterocycles. The van der Waals surface area contributed by atoms with E-state index in [4.69, 9.17) is 4.74 Å². The van der Waals surface area contributed by atoms with E-state index in [-0.39, 0.29) is 42.5 Å². The van der Waals surface area contributed by atoms with Gasteiger partial charge in [-0.05, 0) is 67.8 Å². The number of anilines is 2. The predicted octanol–water partition coefficient (Wildman–Crippen LogP) is 4.40. The fourth-order valence-corrected chi connectivity index (χ4v) is 5.54. The van der Waals surface area contributed by atoms with Gasteiger partial charge in [0.05, 0.1) is 23.4 Å². The molecule has 2 heterocycles. The molecule has 0 N–H and O–H groups in total. The molecule has 0 unspecified atom stereocenters. The second kappa shape index (κ2) is 8.98. The Morgan fingerprint density at radius 3 is 2.24 bits per heavy atom. The topological polar surface area (TPSA) is 84.0 Å². The van der Waals surface area contributed by atoms with E-state index in [1.165, 1.54) is 4.90 Å². The summed E-state index contributed by atoms with van der Waals surface area (Å²) in [6, 6.07) is 12.3. The number of benzene rings is 2. The Labute approximate surface area is 206 Å². The lowest BCUT2D eigenvalue weighted by molar-refractivity contribution is -0.139. The highest BCUT2D eigenvalue weighted by Crippen LogP contribution is 2.41. The first-order valence-electron chi connectivity index (χ1n) is 11.6. The lowest BCUT2D eigenvalue weighted by Crippen LogP contribution is -2.31. The fraction of sp³-hybridized carbons (Fsp3) is 0.385. The highest BCUT2D eigenvalue weighted by Gasteiger charge is 2.49. The smallest absolute Gasteiger partial charge is 0.316 e. The Morgan fingerprint density at radius 1 is 0.971 bits per heavy atom. The summed E-state index contributed by atoms with van der Waals surface area (Å²) in [5.41, 5.74) is 1.97. The Morgan fingerprint density at radius 2 is 1.62 bits per heavy atom. The second-order valence-corrected chi connectivity index (χ2v) is 10.2. The maximum absolute atomic E-state index is 12.9. The first kappa shape index (κ1) is 22.8. The van der Waals surface area contributed by atoms with Gasteiger partial charge in [-0.1, -0.05) is 28.8 Å². The molecule has 34 heavy (non-hydrogen) atoms. The number of hydrogen-bond donors (Lipinski definition) is 0. The zero-order valence-corrected chi connectivity index (χ0v) is 20.4. The Hall–Kier alpha value is -3.00. The average molecular weight is 525 g/mol. The van der Waals surface area contributed by atoms with E-state index in [0.717, 1.165) is 35.8 Å². The summed E-state index contributed by atoms with van der Waals surface area (Å²) in [6.45, 7) is 2.06. The molecule has 0 radical (unpaired) electrons. The summed E-state index contributed by atoms with van der Waals surface area (Å²) >= 11 is 3.38. The van der Waals surface area contributed by atoms with Gasteiger partial charge in [0, 0.05) is 23.1 Å². The van der Waals surface area contributed by atoms with Gasteiger partial charge in [0.2, 0.25) is 17.7 Å². The molecule has 176 valence electrons. The number of nitrogens with zero attached hydrogens (tertiary/aromatic N) is 2. The minimum atomic E-state index is -0.569. The summed E-state index contributed by atoms with van der Waals surface area (Å²) in [7, 11) is 0. The van der Waals surface area contributed by atoms with Gasteiger partial charge in [0.25, 0.3) is 0 Å². The Bertz CT molecular complexity index is 1150. The predicted molar refractivity (Wildman–Crippen MR) is 129 cm³/mol. The van der Waals surface area contributed by atoms with Crippen LogP contribution in [-0.2, 0) is 19.2 Å². The number of fused-ring (bicyclic) bond motifs is 1. The fourth-order valence-electron chi connectivity index (χ4n) is 5.28. The standard InChI is InChI=1S/C26H25BrN2O5/c1-15-12-19(10-11-22(15)29-24(31)20-4-2-3-5-21(20)25(29)32)34-26(33)16-13-23(30)28(14-16)18-8-6-17(27)7-9-18/h6-12,16,20-21H,2-5,13-14H2,1H3/t16-,20-,21+/m1/s1. The highest BCUT2D eigenvalue weighted by atomic mass is 79.9. The zero-order chi connectivity index (χ0) is 24.0. The molecule has 2 saturated heterocycles. The van der Waals surface area contributed by atoms with E-state index in [2.05, 4.69) is 15.9 Å². The molecular formula is C26H25BrN2O5. The summed E-state index contributed by atoms with van der Waals surface area (Å²) in [6.07, 6.45) is 3.57. The van der Waals surface area contributed by atoms with Crippen molar-refractivity contribution in [3.8, 4) is 5.75 Å². The van der Waals surface area contributed by atoms with E-state index >= 15 is 0 Å². The van der Waals surface area contributed by atoms with Crippen LogP contribution < -0.4 is 14.5 Å². The number of hydrogen-bond acceptors (Lipinski definition) is 5. The van der Waals surface area contributed by atoms with Gasteiger partial charge in [-0.3, -0.25) is 19.2 Å². The van der Waals surface area contributed by atoms with Gasteiger partial charge in [0.1, 0.15) is 5.75 Å². The number of aryl methyl sites for hydroxylation is 1. The molecule has 7 nitrogen and oxygen atoms in total. The number of carbonyl (C=O) groups excluding carboxylic acids is 4. The maximum Gasteiger partial charge on any atom is 0.316 e. The van der Waals surface area contributed by atoms with Crippen LogP contribution in [0.15, 0.2) is 46.9 Å². The van der Waals surface area contributed by atoms with Crippen LogP contribution in [0.1, 0.15) is 37.7 Å². The summed E-state index contributed by atoms with van der Waals surface area (Å²) in [4.78, 5) is 54.0. The quantitative estimate of drug-likeness (QED) is 0.336. The number of carbonyl (C=O) groups is 4. The van der Waals surface area contributed by atoms with Crippen molar-refractivity contribution >= 4 is 51.0 Å². The molecule has 5 rings (SSSR count). The van der Waals surface area contributed by atoms with Crippen LogP contribution in [0.4, 0.5) is 11.4 Å². The number of halogens is 1. The van der Waals surface area contributed by atoms with Gasteiger partial charge in [-0.25, -0.2) is 4.90 Å². The van der Waals surface area contributed by atoms with Crippen molar-refractivity contribution in [2.24, 2.45) is 17.8 Å². The SMILES string of the molecule is Cc1cc(OC(=O)[C@@H]2CC(=O)N(c3ccc(Br)cc3)C2)ccc1N1C(=O)[C@H]2CCCC[C@H]2C1=O. The summed E-state index contributed by atoms with van der Waals surface area (Å²) in [5.74, 6) is -1.51. The number of rotatable bonds is 4. The molecule has 8 heteroatoms. The van der Waals surface area contributed by atoms with E-state index < -0.39 is 11.9 Å². The van der Waals surface area contributed by atoms with Crippen LogP contribution in [0.2, 0.25) is 0 Å². The second-order valence-electron chi connectivity index (χ2n) is 9.26. The Kier molecular flexibility index (Phi) is 6.02. The molecule has 0 spiro atoms. The largest absolute Gasteiger partial charge is 0.426 e. The van der Waals surface area contributed by atoms with Crippen molar-refractivity contribution in [1.29, 1.82) is 0 Å². The van der Waals surface area contributed by atoms with Gasteiger partial charge in [-0.15, -0.1) is 0 Å². The van der Waals surface area contributed by atoms with Crippen molar-refractivity contribution < 1.29 is 23.9 Å². The van der Waals surface area contributed by atoms with Crippen LogP contribution in [0.3, 0.4) is 0 Å². The van der Waals surface area contributed by atoms with Gasteiger partial charge in [0.15, 0.2) is 0 Å². The lowest BCUT2D eigenvalue weighted by Gasteiger charge is -2.19. The van der Waals surface area contributed by atoms with Crippen molar-refractivity contribution in [1.82, 2.24) is 0 Å². The third-order valence-corrected chi connectivity index (χ3v) is 7.59. The van der Waals surface area contributed by atoms with Crippen LogP contribution in [0.25, 0.3) is 0 Å². The molecule has 3 fully saturated rings. The molecule has 1 aliphatic carbocycles. The van der Waals surface area contributed by atoms with Crippen LogP contribution in [-0.4, -0.2) is 30.2 Å². The molecule has 3 amide bonds. The molecule has 0 bridgehead atoms. The first-order chi connectivity index (χ1) is 16.3. The molecule has 2 aromatic carbocycles. The molecule has 2 aromatic rings. The van der Waals surface area contributed by atoms with Gasteiger partial charge < -0.3 is 9.64 Å². The lowest BCUT2D eigenvalue weighted by atomic mass is 9.81. The van der Waals surface area contributed by atoms with Gasteiger partial charge in [-0.2, -0.15) is 0 Å². The van der Waals surface area contributed by atoms with Crippen LogP contribution in [0, 0.1) is 24.7 Å². The van der Waals surface area contributed by atoms with E-state index in [9.17, 15) is 19.2 Å². The van der Waals surface area contributed by atoms with E-state index in [0.29, 0.717) is 17.0 Å². The zero-order valence-electron chi connectivity index (χ0n) is 18.8. The minimum absolute atomic E-state index is 0.0888. The highest BCUT2D eigenvalue weighted by molar-refractivity contribution is 9.10. The van der Waals surface area contributed by atoms with E-state index in [1.807, 2.05) is 24.3 Å². The number of imide groups is 1. The maximum atomic E-state index is 12.9. The molecule has 1 saturated carbocycles. The molecular weight excluding hydrogens is 500 g/mol. The molecule has 3 atom stereocenters. The van der Waals surface area contributed by atoms with Crippen LogP contribution >= 0.6 is 15.9 Å². The van der Waals surface area contributed by atoms with Crippen molar-refractivity contribution in [2.45, 2.75) is 39.0 Å². The third-order valence-electron chi connectivity index (χ3n) is 7.07. The monoisotopic (exact) mass is 524 g/mol. The van der Waals surface area contributed by atoms with Crippen molar-refractivity contribution in [3.05, 3.63) is 52.5 Å². The number of amides is 3. The van der Waals surface area contributed by atoms with E-state index in [1.54, 1.807) is 30.0 Å². The summed E-state index contributed by atoms with van der Waals surface area (Å²) < 4.78 is 6.49. The average Bonchev–Trinajstić information content (AvgIpc) is 3.33. The summed E-state index contributed by atoms with van der Waals surface area (Å²) in [5, 5.41) is 0. The normalized spacial score (nSPS) is 24.5. The van der Waals surface area contributed by atoms with Gasteiger partial charge >= 0.3 is 5.97 Å². The third kappa shape index (κ3) is 4.04. The minimum Gasteiger partial charge on any atom is -0.426 e. The van der Waals surface area contributed by atoms with Crippen molar-refractivity contribution in [2.75, 3.05) is 16.3 Å². The first-order valence-corrected chi connectivity index (χ1v) is 12.4. The Balaban J connectivity index is 1.28. The van der Waals surface area contributed by atoms with Crippen molar-refractivity contribution in [3.63, 3.8) is 0 Å². The number of esters is 1.